The van der Waals surface area contributed by atoms with E-state index in [0.717, 1.165) is 27.6 Å². The fourth-order valence-corrected chi connectivity index (χ4v) is 4.43. The smallest absolute Gasteiger partial charge is 0.416 e. The Morgan fingerprint density at radius 2 is 1.71 bits per heavy atom. The van der Waals surface area contributed by atoms with Crippen LogP contribution in [0.2, 0.25) is 0 Å². The molecule has 0 aliphatic rings. The number of benzene rings is 2. The molecule has 3 aromatic rings. The SMILES string of the molecule is COC(=O)CC(C)(C)Cc1ncc(-c2ccc(NC(=O)Nc3cccc(C(F)(F)F)c3)cc2)s1. The number of aromatic nitrogens is 1. The summed E-state index contributed by atoms with van der Waals surface area (Å²) in [6, 6.07) is 10.8. The number of rotatable bonds is 7. The van der Waals surface area contributed by atoms with Crippen molar-refractivity contribution in [3.05, 3.63) is 65.3 Å². The van der Waals surface area contributed by atoms with Crippen molar-refractivity contribution in [2.24, 2.45) is 5.41 Å². The van der Waals surface area contributed by atoms with Crippen LogP contribution in [-0.2, 0) is 22.1 Å². The van der Waals surface area contributed by atoms with E-state index in [-0.39, 0.29) is 17.1 Å². The van der Waals surface area contributed by atoms with Gasteiger partial charge in [0.05, 0.1) is 29.0 Å². The molecule has 34 heavy (non-hydrogen) atoms. The molecule has 0 radical (unpaired) electrons. The lowest BCUT2D eigenvalue weighted by atomic mass is 9.86. The number of carbonyl (C=O) groups excluding carboxylic acids is 2. The van der Waals surface area contributed by atoms with Gasteiger partial charge in [0.1, 0.15) is 0 Å². The summed E-state index contributed by atoms with van der Waals surface area (Å²) in [5, 5.41) is 5.90. The van der Waals surface area contributed by atoms with E-state index in [1.807, 2.05) is 26.0 Å². The maximum atomic E-state index is 12.8. The molecule has 1 heterocycles. The highest BCUT2D eigenvalue weighted by Gasteiger charge is 2.30. The number of hydrogen-bond donors (Lipinski definition) is 2. The van der Waals surface area contributed by atoms with E-state index in [9.17, 15) is 22.8 Å². The normalized spacial score (nSPS) is 11.7. The number of anilines is 2. The average Bonchev–Trinajstić information content (AvgIpc) is 3.21. The van der Waals surface area contributed by atoms with Gasteiger partial charge in [-0.2, -0.15) is 13.2 Å². The first-order valence-corrected chi connectivity index (χ1v) is 11.1. The zero-order valence-corrected chi connectivity index (χ0v) is 19.6. The number of ether oxygens (including phenoxy) is 1. The monoisotopic (exact) mass is 491 g/mol. The second kappa shape index (κ2) is 10.3. The molecule has 0 spiro atoms. The number of amides is 2. The van der Waals surface area contributed by atoms with Gasteiger partial charge in [-0.15, -0.1) is 11.3 Å². The molecule has 0 aliphatic heterocycles. The van der Waals surface area contributed by atoms with Gasteiger partial charge in [0.25, 0.3) is 0 Å². The zero-order chi connectivity index (χ0) is 24.9. The fraction of sp³-hybridized carbons (Fsp3) is 0.292. The van der Waals surface area contributed by atoms with Crippen LogP contribution in [0, 0.1) is 5.41 Å². The van der Waals surface area contributed by atoms with Gasteiger partial charge in [-0.25, -0.2) is 9.78 Å². The third-order valence-corrected chi connectivity index (χ3v) is 5.96. The van der Waals surface area contributed by atoms with Gasteiger partial charge in [-0.3, -0.25) is 4.79 Å². The lowest BCUT2D eigenvalue weighted by Crippen LogP contribution is -2.20. The number of nitrogens with zero attached hydrogens (tertiary/aromatic N) is 1. The van der Waals surface area contributed by atoms with Crippen LogP contribution >= 0.6 is 11.3 Å². The minimum absolute atomic E-state index is 0.0382. The van der Waals surface area contributed by atoms with Crippen LogP contribution in [0.25, 0.3) is 10.4 Å². The van der Waals surface area contributed by atoms with E-state index in [0.29, 0.717) is 18.5 Å². The van der Waals surface area contributed by atoms with Crippen LogP contribution < -0.4 is 10.6 Å². The highest BCUT2D eigenvalue weighted by molar-refractivity contribution is 7.15. The maximum absolute atomic E-state index is 12.8. The topological polar surface area (TPSA) is 80.3 Å². The Morgan fingerprint density at radius 1 is 1.03 bits per heavy atom. The lowest BCUT2D eigenvalue weighted by Gasteiger charge is -2.21. The number of urea groups is 1. The van der Waals surface area contributed by atoms with Crippen LogP contribution in [-0.4, -0.2) is 24.1 Å². The van der Waals surface area contributed by atoms with Crippen molar-refractivity contribution in [2.75, 3.05) is 17.7 Å². The third-order valence-electron chi connectivity index (χ3n) is 4.91. The first-order valence-electron chi connectivity index (χ1n) is 10.3. The van der Waals surface area contributed by atoms with Crippen molar-refractivity contribution in [3.63, 3.8) is 0 Å². The van der Waals surface area contributed by atoms with Crippen molar-refractivity contribution in [1.82, 2.24) is 4.98 Å². The second-order valence-corrected chi connectivity index (χ2v) is 9.56. The number of hydrogen-bond acceptors (Lipinski definition) is 5. The van der Waals surface area contributed by atoms with E-state index in [1.165, 1.54) is 30.6 Å². The molecule has 0 bridgehead atoms. The molecule has 0 saturated heterocycles. The van der Waals surface area contributed by atoms with Gasteiger partial charge in [-0.05, 0) is 41.3 Å². The fourth-order valence-electron chi connectivity index (χ4n) is 3.24. The standard InChI is InChI=1S/C24H24F3N3O3S/c1-23(2,13-21(31)33-3)12-20-28-14-19(34-20)15-7-9-17(10-8-15)29-22(32)30-18-6-4-5-16(11-18)24(25,26)27/h4-11,14H,12-13H2,1-3H3,(H2,29,30,32). The number of methoxy groups -OCH3 is 1. The highest BCUT2D eigenvalue weighted by Crippen LogP contribution is 2.33. The molecule has 0 aliphatic carbocycles. The largest absolute Gasteiger partial charge is 0.469 e. The average molecular weight is 492 g/mol. The van der Waals surface area contributed by atoms with Crippen LogP contribution in [0.1, 0.15) is 30.8 Å². The zero-order valence-electron chi connectivity index (χ0n) is 18.8. The Hall–Kier alpha value is -3.40. The Bertz CT molecular complexity index is 1160. The van der Waals surface area contributed by atoms with E-state index in [4.69, 9.17) is 4.74 Å². The number of nitrogens with one attached hydrogen (secondary N) is 2. The first-order chi connectivity index (χ1) is 15.9. The van der Waals surface area contributed by atoms with Crippen LogP contribution in [0.4, 0.5) is 29.3 Å². The van der Waals surface area contributed by atoms with E-state index in [1.54, 1.807) is 18.3 Å². The molecular weight excluding hydrogens is 467 g/mol. The number of alkyl halides is 3. The molecule has 2 N–H and O–H groups in total. The second-order valence-electron chi connectivity index (χ2n) is 8.45. The molecule has 180 valence electrons. The van der Waals surface area contributed by atoms with Gasteiger partial charge in [0, 0.05) is 24.0 Å². The molecule has 2 aromatic carbocycles. The van der Waals surface area contributed by atoms with E-state index >= 15 is 0 Å². The van der Waals surface area contributed by atoms with Crippen molar-refractivity contribution < 1.29 is 27.5 Å². The van der Waals surface area contributed by atoms with E-state index < -0.39 is 17.8 Å². The maximum Gasteiger partial charge on any atom is 0.416 e. The molecular formula is C24H24F3N3O3S. The minimum Gasteiger partial charge on any atom is -0.469 e. The summed E-state index contributed by atoms with van der Waals surface area (Å²) in [5.74, 6) is -0.262. The first kappa shape index (κ1) is 25.2. The Kier molecular flexibility index (Phi) is 7.61. The van der Waals surface area contributed by atoms with Gasteiger partial charge < -0.3 is 15.4 Å². The van der Waals surface area contributed by atoms with Crippen molar-refractivity contribution in [2.45, 2.75) is 32.9 Å². The van der Waals surface area contributed by atoms with Crippen LogP contribution in [0.3, 0.4) is 0 Å². The van der Waals surface area contributed by atoms with Crippen molar-refractivity contribution in [1.29, 1.82) is 0 Å². The summed E-state index contributed by atoms with van der Waals surface area (Å²) in [6.07, 6.45) is -1.81. The quantitative estimate of drug-likeness (QED) is 0.365. The molecule has 2 amide bonds. The van der Waals surface area contributed by atoms with Crippen molar-refractivity contribution >= 4 is 34.7 Å². The summed E-state index contributed by atoms with van der Waals surface area (Å²) in [7, 11) is 1.37. The van der Waals surface area contributed by atoms with Crippen LogP contribution in [0.5, 0.6) is 0 Å². The molecule has 3 rings (SSSR count). The van der Waals surface area contributed by atoms with Gasteiger partial charge >= 0.3 is 18.2 Å². The highest BCUT2D eigenvalue weighted by atomic mass is 32.1. The van der Waals surface area contributed by atoms with Gasteiger partial charge in [-0.1, -0.05) is 32.0 Å². The summed E-state index contributed by atoms with van der Waals surface area (Å²) in [4.78, 5) is 29.2. The molecule has 1 aromatic heterocycles. The molecule has 0 fully saturated rings. The third kappa shape index (κ3) is 7.05. The molecule has 10 heteroatoms. The summed E-state index contributed by atoms with van der Waals surface area (Å²) in [6.45, 7) is 3.96. The molecule has 0 saturated carbocycles. The van der Waals surface area contributed by atoms with E-state index in [2.05, 4.69) is 15.6 Å². The molecule has 0 unspecified atom stereocenters. The number of carbonyl (C=O) groups is 2. The Morgan fingerprint density at radius 3 is 2.35 bits per heavy atom. The summed E-state index contributed by atoms with van der Waals surface area (Å²) >= 11 is 1.52. The predicted molar refractivity (Wildman–Crippen MR) is 126 cm³/mol. The Labute approximate surface area is 199 Å². The minimum atomic E-state index is -4.49. The summed E-state index contributed by atoms with van der Waals surface area (Å²) in [5.41, 5.74) is 0.294. The van der Waals surface area contributed by atoms with Gasteiger partial charge in [0.2, 0.25) is 0 Å². The molecule has 6 nitrogen and oxygen atoms in total. The number of halogens is 3. The number of esters is 1. The summed E-state index contributed by atoms with van der Waals surface area (Å²) < 4.78 is 43.2. The van der Waals surface area contributed by atoms with Gasteiger partial charge in [0.15, 0.2) is 0 Å². The lowest BCUT2D eigenvalue weighted by molar-refractivity contribution is -0.143. The number of thiazole rings is 1. The van der Waals surface area contributed by atoms with Crippen LogP contribution in [0.15, 0.2) is 54.7 Å². The predicted octanol–water partition coefficient (Wildman–Crippen LogP) is 6.60. The Balaban J connectivity index is 1.60. The molecule has 0 atom stereocenters. The van der Waals surface area contributed by atoms with Crippen molar-refractivity contribution in [3.8, 4) is 10.4 Å².